The van der Waals surface area contributed by atoms with Crippen LogP contribution in [0.2, 0.25) is 0 Å². The van der Waals surface area contributed by atoms with E-state index in [0.29, 0.717) is 5.69 Å². The van der Waals surface area contributed by atoms with Crippen LogP contribution in [0.4, 0.5) is 5.69 Å². The molecule has 0 bridgehead atoms. The van der Waals surface area contributed by atoms with E-state index in [0.717, 1.165) is 30.2 Å². The van der Waals surface area contributed by atoms with Crippen molar-refractivity contribution in [3.05, 3.63) is 28.7 Å². The van der Waals surface area contributed by atoms with Gasteiger partial charge in [0.1, 0.15) is 6.07 Å². The van der Waals surface area contributed by atoms with Crippen LogP contribution in [0.3, 0.4) is 0 Å². The zero-order valence-electron chi connectivity index (χ0n) is 11.8. The number of carbonyl (C=O) groups is 1. The first-order chi connectivity index (χ1) is 10.1. The van der Waals surface area contributed by atoms with E-state index in [9.17, 15) is 10.1 Å². The minimum Gasteiger partial charge on any atom is -0.466 e. The van der Waals surface area contributed by atoms with Gasteiger partial charge in [-0.1, -0.05) is 28.8 Å². The van der Waals surface area contributed by atoms with Crippen LogP contribution >= 0.6 is 15.9 Å². The number of rotatable bonds is 4. The van der Waals surface area contributed by atoms with Crippen molar-refractivity contribution in [1.29, 1.82) is 5.26 Å². The Balaban J connectivity index is 2.33. The van der Waals surface area contributed by atoms with E-state index in [-0.39, 0.29) is 5.92 Å². The summed E-state index contributed by atoms with van der Waals surface area (Å²) < 4.78 is 5.73. The Morgan fingerprint density at radius 1 is 1.38 bits per heavy atom. The predicted molar refractivity (Wildman–Crippen MR) is 81.0 cm³/mol. The van der Waals surface area contributed by atoms with Crippen LogP contribution in [-0.4, -0.2) is 18.6 Å². The zero-order valence-corrected chi connectivity index (χ0v) is 13.3. The summed E-state index contributed by atoms with van der Waals surface area (Å²) >= 11 is 3.34. The van der Waals surface area contributed by atoms with Crippen molar-refractivity contribution in [3.8, 4) is 6.07 Å². The molecule has 2 rings (SSSR count). The molecule has 0 spiro atoms. The minimum atomic E-state index is -1.53. The lowest BCUT2D eigenvalue weighted by Crippen LogP contribution is -2.42. The molecule has 0 aliphatic heterocycles. The number of hydrogen-bond donors (Lipinski definition) is 0. The molecule has 1 aromatic rings. The molecular formula is C15H16BrN3O2. The molecule has 1 saturated carbocycles. The number of hydrogen-bond acceptors (Lipinski definition) is 5. The van der Waals surface area contributed by atoms with E-state index in [1.54, 1.807) is 12.1 Å². The Hall–Kier alpha value is -1.74. The Bertz CT molecular complexity index is 574. The van der Waals surface area contributed by atoms with Gasteiger partial charge in [-0.15, -0.1) is 0 Å². The lowest BCUT2D eigenvalue weighted by atomic mass is 9.84. The molecular weight excluding hydrogens is 334 g/mol. The second-order valence-corrected chi connectivity index (χ2v) is 5.94. The first-order valence-electron chi connectivity index (χ1n) is 6.80. The Labute approximate surface area is 132 Å². The molecule has 0 N–H and O–H groups in total. The fourth-order valence-electron chi connectivity index (χ4n) is 2.59. The predicted octanol–water partition coefficient (Wildman–Crippen LogP) is 4.16. The molecule has 0 aromatic heterocycles. The van der Waals surface area contributed by atoms with E-state index < -0.39 is 11.5 Å². The normalized spacial score (nSPS) is 18.3. The molecule has 0 saturated heterocycles. The molecule has 1 aromatic carbocycles. The number of methoxy groups -OCH3 is 1. The van der Waals surface area contributed by atoms with Crippen molar-refractivity contribution in [2.24, 2.45) is 16.1 Å². The van der Waals surface area contributed by atoms with Gasteiger partial charge in [-0.3, -0.25) is 0 Å². The number of benzene rings is 1. The molecule has 110 valence electrons. The lowest BCUT2D eigenvalue weighted by molar-refractivity contribution is -0.146. The van der Waals surface area contributed by atoms with E-state index in [2.05, 4.69) is 26.2 Å². The molecule has 1 unspecified atom stereocenters. The quantitative estimate of drug-likeness (QED) is 0.604. The zero-order chi connectivity index (χ0) is 15.3. The van der Waals surface area contributed by atoms with Crippen LogP contribution < -0.4 is 0 Å². The molecule has 1 aliphatic rings. The maximum atomic E-state index is 12.1. The van der Waals surface area contributed by atoms with Crippen LogP contribution in [0.25, 0.3) is 0 Å². The van der Waals surface area contributed by atoms with Crippen LogP contribution in [0.15, 0.2) is 39.0 Å². The SMILES string of the molecule is COC(=O)C(C#N)(/N=N/c1ccc(Br)cc1)C1CCCC1. The van der Waals surface area contributed by atoms with Crippen LogP contribution in [-0.2, 0) is 9.53 Å². The summed E-state index contributed by atoms with van der Waals surface area (Å²) in [7, 11) is 1.28. The topological polar surface area (TPSA) is 74.8 Å². The summed E-state index contributed by atoms with van der Waals surface area (Å²) in [6.45, 7) is 0. The van der Waals surface area contributed by atoms with Crippen molar-refractivity contribution < 1.29 is 9.53 Å². The average Bonchev–Trinajstić information content (AvgIpc) is 3.04. The summed E-state index contributed by atoms with van der Waals surface area (Å²) in [6, 6.07) is 9.24. The van der Waals surface area contributed by atoms with Gasteiger partial charge in [0.2, 0.25) is 0 Å². The lowest BCUT2D eigenvalue weighted by Gasteiger charge is -2.24. The molecule has 0 amide bonds. The van der Waals surface area contributed by atoms with Crippen molar-refractivity contribution in [2.45, 2.75) is 31.2 Å². The molecule has 1 aliphatic carbocycles. The third-order valence-electron chi connectivity index (χ3n) is 3.76. The number of carbonyl (C=O) groups excluding carboxylic acids is 1. The van der Waals surface area contributed by atoms with Crippen LogP contribution in [0.5, 0.6) is 0 Å². The third-order valence-corrected chi connectivity index (χ3v) is 4.29. The molecule has 1 fully saturated rings. The van der Waals surface area contributed by atoms with Crippen molar-refractivity contribution in [1.82, 2.24) is 0 Å². The number of nitrogens with zero attached hydrogens (tertiary/aromatic N) is 3. The van der Waals surface area contributed by atoms with Gasteiger partial charge in [0.25, 0.3) is 5.54 Å². The standard InChI is InChI=1S/C15H16BrN3O2/c1-21-14(20)15(10-17,11-4-2-3-5-11)19-18-13-8-6-12(16)7-9-13/h6-9,11H,2-5H2,1H3/b19-18+. The fourth-order valence-corrected chi connectivity index (χ4v) is 2.86. The van der Waals surface area contributed by atoms with Gasteiger partial charge in [-0.25, -0.2) is 4.79 Å². The average molecular weight is 350 g/mol. The summed E-state index contributed by atoms with van der Waals surface area (Å²) in [5.74, 6) is -0.757. The van der Waals surface area contributed by atoms with E-state index in [4.69, 9.17) is 4.74 Å². The van der Waals surface area contributed by atoms with Gasteiger partial charge in [0.15, 0.2) is 0 Å². The Kier molecular flexibility index (Phi) is 5.07. The second kappa shape index (κ2) is 6.81. The van der Waals surface area contributed by atoms with Crippen molar-refractivity contribution in [2.75, 3.05) is 7.11 Å². The molecule has 0 heterocycles. The van der Waals surface area contributed by atoms with E-state index in [1.807, 2.05) is 18.2 Å². The fraction of sp³-hybridized carbons (Fsp3) is 0.467. The minimum absolute atomic E-state index is 0.130. The molecule has 6 heteroatoms. The highest BCUT2D eigenvalue weighted by Gasteiger charge is 2.49. The van der Waals surface area contributed by atoms with Crippen LogP contribution in [0.1, 0.15) is 25.7 Å². The maximum Gasteiger partial charge on any atom is 0.350 e. The third kappa shape index (κ3) is 3.30. The molecule has 1 atom stereocenters. The second-order valence-electron chi connectivity index (χ2n) is 5.03. The van der Waals surface area contributed by atoms with Gasteiger partial charge in [-0.05, 0) is 37.1 Å². The highest BCUT2D eigenvalue weighted by molar-refractivity contribution is 9.10. The summed E-state index contributed by atoms with van der Waals surface area (Å²) in [5, 5.41) is 17.7. The first-order valence-corrected chi connectivity index (χ1v) is 7.60. The molecule has 5 nitrogen and oxygen atoms in total. The smallest absolute Gasteiger partial charge is 0.350 e. The molecule has 21 heavy (non-hydrogen) atoms. The highest BCUT2D eigenvalue weighted by atomic mass is 79.9. The van der Waals surface area contributed by atoms with Gasteiger partial charge < -0.3 is 4.74 Å². The number of esters is 1. The largest absolute Gasteiger partial charge is 0.466 e. The van der Waals surface area contributed by atoms with Crippen LogP contribution in [0, 0.1) is 17.2 Å². The molecule has 0 radical (unpaired) electrons. The number of halogens is 1. The van der Waals surface area contributed by atoms with Gasteiger partial charge in [0, 0.05) is 10.4 Å². The Morgan fingerprint density at radius 2 is 2.00 bits per heavy atom. The maximum absolute atomic E-state index is 12.1. The number of nitriles is 1. The van der Waals surface area contributed by atoms with E-state index in [1.165, 1.54) is 7.11 Å². The van der Waals surface area contributed by atoms with Gasteiger partial charge in [0.05, 0.1) is 12.8 Å². The van der Waals surface area contributed by atoms with Gasteiger partial charge >= 0.3 is 5.97 Å². The Morgan fingerprint density at radius 3 is 2.52 bits per heavy atom. The van der Waals surface area contributed by atoms with E-state index >= 15 is 0 Å². The summed E-state index contributed by atoms with van der Waals surface area (Å²) in [4.78, 5) is 12.1. The first kappa shape index (κ1) is 15.6. The summed E-state index contributed by atoms with van der Waals surface area (Å²) in [5.41, 5.74) is -0.932. The monoisotopic (exact) mass is 349 g/mol. The summed E-state index contributed by atoms with van der Waals surface area (Å²) in [6.07, 6.45) is 3.59. The van der Waals surface area contributed by atoms with Gasteiger partial charge in [-0.2, -0.15) is 15.5 Å². The van der Waals surface area contributed by atoms with Crippen molar-refractivity contribution >= 4 is 27.6 Å². The number of azo groups is 1. The number of ether oxygens (including phenoxy) is 1. The highest BCUT2D eigenvalue weighted by Crippen LogP contribution is 2.38. The van der Waals surface area contributed by atoms with Crippen molar-refractivity contribution in [3.63, 3.8) is 0 Å².